The maximum absolute atomic E-state index is 13.1. The van der Waals surface area contributed by atoms with Gasteiger partial charge in [-0.15, -0.1) is 10.2 Å². The van der Waals surface area contributed by atoms with Crippen LogP contribution in [-0.2, 0) is 23.1 Å². The minimum atomic E-state index is -4.57. The number of halogens is 4. The standard InChI is InChI=1S/C19H14ClF3N6O3S/c1-31-13-5-3-2-4-12(13)24-15(30)7-14-25-16(32-28-14)9-33-18-27-26-17-11(20)6-10(8-29(17)18)19(21,22)23/h2-6,8H,7,9H2,1H3,(H,24,30). The Morgan fingerprint density at radius 2 is 2.09 bits per heavy atom. The van der Waals surface area contributed by atoms with Gasteiger partial charge in [0.1, 0.15) is 5.75 Å². The number of thioether (sulfide) groups is 1. The number of nitrogens with one attached hydrogen (secondary N) is 1. The van der Waals surface area contributed by atoms with E-state index in [0.717, 1.165) is 28.4 Å². The van der Waals surface area contributed by atoms with Crippen molar-refractivity contribution < 1.29 is 27.2 Å². The fourth-order valence-corrected chi connectivity index (χ4v) is 3.81. The first-order valence-electron chi connectivity index (χ1n) is 9.23. The fraction of sp³-hybridized carbons (Fsp3) is 0.211. The van der Waals surface area contributed by atoms with E-state index in [2.05, 4.69) is 25.7 Å². The third-order valence-corrected chi connectivity index (χ3v) is 5.50. The van der Waals surface area contributed by atoms with E-state index in [1.807, 2.05) is 0 Å². The molecule has 0 bridgehead atoms. The van der Waals surface area contributed by atoms with Crippen molar-refractivity contribution in [3.05, 3.63) is 58.8 Å². The van der Waals surface area contributed by atoms with Crippen LogP contribution >= 0.6 is 23.4 Å². The van der Waals surface area contributed by atoms with Crippen LogP contribution in [0.3, 0.4) is 0 Å². The predicted octanol–water partition coefficient (Wildman–Crippen LogP) is 4.27. The number of hydrogen-bond acceptors (Lipinski definition) is 8. The highest BCUT2D eigenvalue weighted by atomic mass is 35.5. The first kappa shape index (κ1) is 22.9. The zero-order chi connectivity index (χ0) is 23.6. The van der Waals surface area contributed by atoms with E-state index < -0.39 is 11.7 Å². The fourth-order valence-electron chi connectivity index (χ4n) is 2.82. The molecular formula is C19H14ClF3N6O3S. The van der Waals surface area contributed by atoms with Crippen LogP contribution in [0, 0.1) is 0 Å². The molecule has 0 spiro atoms. The van der Waals surface area contributed by atoms with E-state index >= 15 is 0 Å². The SMILES string of the molecule is COc1ccccc1NC(=O)Cc1noc(CSc2nnc3c(Cl)cc(C(F)(F)F)cn23)n1. The molecular weight excluding hydrogens is 485 g/mol. The topological polar surface area (TPSA) is 107 Å². The molecule has 0 fully saturated rings. The van der Waals surface area contributed by atoms with Crippen molar-refractivity contribution in [1.82, 2.24) is 24.7 Å². The van der Waals surface area contributed by atoms with Gasteiger partial charge in [0.15, 0.2) is 16.6 Å². The number of carbonyl (C=O) groups excluding carboxylic acids is 1. The van der Waals surface area contributed by atoms with Crippen LogP contribution < -0.4 is 10.1 Å². The minimum absolute atomic E-state index is 0.0893. The molecule has 3 aromatic heterocycles. The van der Waals surface area contributed by atoms with Crippen LogP contribution in [-0.4, -0.2) is 37.8 Å². The molecule has 0 radical (unpaired) electrons. The second kappa shape index (κ2) is 9.27. The van der Waals surface area contributed by atoms with Gasteiger partial charge in [-0.2, -0.15) is 18.2 Å². The Morgan fingerprint density at radius 3 is 2.85 bits per heavy atom. The molecule has 14 heteroatoms. The summed E-state index contributed by atoms with van der Waals surface area (Å²) in [6, 6.07) is 7.71. The Bertz CT molecular complexity index is 1310. The molecule has 4 rings (SSSR count). The van der Waals surface area contributed by atoms with Gasteiger partial charge >= 0.3 is 6.18 Å². The molecule has 1 N–H and O–H groups in total. The van der Waals surface area contributed by atoms with Crippen molar-refractivity contribution in [2.45, 2.75) is 23.5 Å². The van der Waals surface area contributed by atoms with Crippen molar-refractivity contribution in [2.24, 2.45) is 0 Å². The summed E-state index contributed by atoms with van der Waals surface area (Å²) in [4.78, 5) is 16.4. The van der Waals surface area contributed by atoms with Crippen molar-refractivity contribution in [3.8, 4) is 5.75 Å². The summed E-state index contributed by atoms with van der Waals surface area (Å²) in [5.74, 6) is 0.527. The highest BCUT2D eigenvalue weighted by Gasteiger charge is 2.32. The molecule has 0 saturated heterocycles. The number of amides is 1. The van der Waals surface area contributed by atoms with Crippen LogP contribution in [0.4, 0.5) is 18.9 Å². The molecule has 0 aliphatic carbocycles. The number of pyridine rings is 1. The van der Waals surface area contributed by atoms with Crippen LogP contribution in [0.5, 0.6) is 5.75 Å². The lowest BCUT2D eigenvalue weighted by Crippen LogP contribution is -2.15. The minimum Gasteiger partial charge on any atom is -0.495 e. The second-order valence-electron chi connectivity index (χ2n) is 6.57. The first-order chi connectivity index (χ1) is 15.7. The van der Waals surface area contributed by atoms with E-state index in [4.69, 9.17) is 20.9 Å². The number of carbonyl (C=O) groups is 1. The summed E-state index contributed by atoms with van der Waals surface area (Å²) >= 11 is 6.94. The Balaban J connectivity index is 1.42. The largest absolute Gasteiger partial charge is 0.495 e. The summed E-state index contributed by atoms with van der Waals surface area (Å²) in [6.45, 7) is 0. The Labute approximate surface area is 193 Å². The number of nitrogens with zero attached hydrogens (tertiary/aromatic N) is 5. The number of methoxy groups -OCH3 is 1. The first-order valence-corrected chi connectivity index (χ1v) is 10.6. The van der Waals surface area contributed by atoms with Crippen LogP contribution in [0.1, 0.15) is 17.3 Å². The Morgan fingerprint density at radius 1 is 1.30 bits per heavy atom. The zero-order valence-corrected chi connectivity index (χ0v) is 18.3. The lowest BCUT2D eigenvalue weighted by molar-refractivity contribution is -0.137. The Kier molecular flexibility index (Phi) is 6.42. The number of rotatable bonds is 7. The molecule has 172 valence electrons. The van der Waals surface area contributed by atoms with Crippen molar-refractivity contribution >= 4 is 40.6 Å². The van der Waals surface area contributed by atoms with E-state index in [1.165, 1.54) is 7.11 Å². The van der Waals surface area contributed by atoms with Gasteiger partial charge in [-0.05, 0) is 18.2 Å². The highest BCUT2D eigenvalue weighted by Crippen LogP contribution is 2.33. The highest BCUT2D eigenvalue weighted by molar-refractivity contribution is 7.98. The van der Waals surface area contributed by atoms with E-state index in [1.54, 1.807) is 24.3 Å². The third kappa shape index (κ3) is 5.20. The molecule has 9 nitrogen and oxygen atoms in total. The molecule has 0 unspecified atom stereocenters. The average Bonchev–Trinajstić information content (AvgIpc) is 3.39. The van der Waals surface area contributed by atoms with E-state index in [0.29, 0.717) is 11.4 Å². The molecule has 0 saturated carbocycles. The Hall–Kier alpha value is -3.32. The maximum atomic E-state index is 13.1. The summed E-state index contributed by atoms with van der Waals surface area (Å²) in [5.41, 5.74) is -0.339. The molecule has 1 aromatic carbocycles. The number of anilines is 1. The quantitative estimate of drug-likeness (QED) is 0.376. The van der Waals surface area contributed by atoms with Gasteiger partial charge in [-0.1, -0.05) is 40.7 Å². The van der Waals surface area contributed by atoms with Crippen molar-refractivity contribution in [2.75, 3.05) is 12.4 Å². The number of aromatic nitrogens is 5. The van der Waals surface area contributed by atoms with E-state index in [-0.39, 0.29) is 45.6 Å². The third-order valence-electron chi connectivity index (χ3n) is 4.29. The number of para-hydroxylation sites is 2. The number of ether oxygens (including phenoxy) is 1. The molecule has 4 aromatic rings. The number of alkyl halides is 3. The molecule has 0 atom stereocenters. The van der Waals surface area contributed by atoms with E-state index in [9.17, 15) is 18.0 Å². The summed E-state index contributed by atoms with van der Waals surface area (Å²) in [7, 11) is 1.49. The predicted molar refractivity (Wildman–Crippen MR) is 112 cm³/mol. The van der Waals surface area contributed by atoms with Crippen LogP contribution in [0.2, 0.25) is 5.02 Å². The lowest BCUT2D eigenvalue weighted by Gasteiger charge is -2.08. The summed E-state index contributed by atoms with van der Waals surface area (Å²) < 4.78 is 50.7. The number of hydrogen-bond donors (Lipinski definition) is 1. The maximum Gasteiger partial charge on any atom is 0.417 e. The lowest BCUT2D eigenvalue weighted by atomic mass is 10.2. The summed E-state index contributed by atoms with van der Waals surface area (Å²) in [5, 5.41) is 14.1. The number of benzene rings is 1. The average molecular weight is 499 g/mol. The van der Waals surface area contributed by atoms with Crippen LogP contribution in [0.25, 0.3) is 5.65 Å². The molecule has 0 aliphatic heterocycles. The molecule has 3 heterocycles. The van der Waals surface area contributed by atoms with Crippen molar-refractivity contribution in [3.63, 3.8) is 0 Å². The second-order valence-corrected chi connectivity index (χ2v) is 7.92. The normalized spacial score (nSPS) is 11.7. The summed E-state index contributed by atoms with van der Waals surface area (Å²) in [6.07, 6.45) is -3.86. The molecule has 1 amide bonds. The molecule has 0 aliphatic rings. The number of fused-ring (bicyclic) bond motifs is 1. The van der Waals surface area contributed by atoms with Gasteiger partial charge in [0.2, 0.25) is 11.8 Å². The van der Waals surface area contributed by atoms with Crippen LogP contribution in [0.15, 0.2) is 46.2 Å². The van der Waals surface area contributed by atoms with Gasteiger partial charge in [0.05, 0.1) is 35.6 Å². The van der Waals surface area contributed by atoms with Gasteiger partial charge < -0.3 is 14.6 Å². The smallest absolute Gasteiger partial charge is 0.417 e. The monoisotopic (exact) mass is 498 g/mol. The zero-order valence-electron chi connectivity index (χ0n) is 16.8. The van der Waals surface area contributed by atoms with Crippen molar-refractivity contribution in [1.29, 1.82) is 0 Å². The molecule has 33 heavy (non-hydrogen) atoms. The van der Waals surface area contributed by atoms with Gasteiger partial charge in [-0.3, -0.25) is 9.20 Å². The van der Waals surface area contributed by atoms with Gasteiger partial charge in [0, 0.05) is 6.20 Å². The van der Waals surface area contributed by atoms with Gasteiger partial charge in [-0.25, -0.2) is 0 Å². The van der Waals surface area contributed by atoms with Gasteiger partial charge in [0.25, 0.3) is 0 Å².